The van der Waals surface area contributed by atoms with E-state index < -0.39 is 0 Å². The van der Waals surface area contributed by atoms with Gasteiger partial charge in [-0.3, -0.25) is 0 Å². The minimum absolute atomic E-state index is 0.105. The number of aryl methyl sites for hydroxylation is 1. The van der Waals surface area contributed by atoms with Crippen molar-refractivity contribution < 1.29 is 13.5 Å². The second-order valence-corrected chi connectivity index (χ2v) is 4.99. The van der Waals surface area contributed by atoms with E-state index in [9.17, 15) is 8.78 Å². The predicted octanol–water partition coefficient (Wildman–Crippen LogP) is 2.96. The highest BCUT2D eigenvalue weighted by atomic mass is 19.1. The normalized spacial score (nSPS) is 25.4. The number of ether oxygens (including phenoxy) is 1. The zero-order valence-electron chi connectivity index (χ0n) is 11.0. The minimum Gasteiger partial charge on any atom is -0.376 e. The number of hydrogen-bond acceptors (Lipinski definition) is 2. The van der Waals surface area contributed by atoms with Crippen LogP contribution in [-0.4, -0.2) is 19.8 Å². The highest BCUT2D eigenvalue weighted by Gasteiger charge is 2.33. The van der Waals surface area contributed by atoms with E-state index in [2.05, 4.69) is 12.2 Å². The van der Waals surface area contributed by atoms with Crippen molar-refractivity contribution in [1.29, 1.82) is 0 Å². The van der Waals surface area contributed by atoms with E-state index in [1.54, 1.807) is 14.0 Å². The fourth-order valence-electron chi connectivity index (χ4n) is 2.54. The van der Waals surface area contributed by atoms with Gasteiger partial charge in [0.25, 0.3) is 0 Å². The van der Waals surface area contributed by atoms with Gasteiger partial charge in [-0.05, 0) is 44.0 Å². The van der Waals surface area contributed by atoms with Crippen LogP contribution in [0.25, 0.3) is 0 Å². The molecular formula is C14H19F2NO. The maximum atomic E-state index is 14.0. The summed E-state index contributed by atoms with van der Waals surface area (Å²) < 4.78 is 33.2. The van der Waals surface area contributed by atoms with Gasteiger partial charge < -0.3 is 10.1 Å². The van der Waals surface area contributed by atoms with Crippen LogP contribution in [0.4, 0.5) is 8.78 Å². The first kappa shape index (κ1) is 13.4. The van der Waals surface area contributed by atoms with Gasteiger partial charge in [0.15, 0.2) is 0 Å². The molecule has 3 atom stereocenters. The van der Waals surface area contributed by atoms with Crippen molar-refractivity contribution >= 4 is 0 Å². The van der Waals surface area contributed by atoms with Crippen molar-refractivity contribution in [3.05, 3.63) is 34.9 Å². The number of nitrogens with one attached hydrogen (secondary N) is 1. The molecule has 0 aliphatic carbocycles. The summed E-state index contributed by atoms with van der Waals surface area (Å²) in [4.78, 5) is 0. The van der Waals surface area contributed by atoms with Crippen LogP contribution in [0.1, 0.15) is 30.5 Å². The molecule has 1 aromatic carbocycles. The summed E-state index contributed by atoms with van der Waals surface area (Å²) >= 11 is 0. The monoisotopic (exact) mass is 255 g/mol. The summed E-state index contributed by atoms with van der Waals surface area (Å²) in [7, 11) is 1.75. The molecule has 3 unspecified atom stereocenters. The zero-order valence-corrected chi connectivity index (χ0v) is 11.0. The summed E-state index contributed by atoms with van der Waals surface area (Å²) in [6.07, 6.45) is 0.852. The van der Waals surface area contributed by atoms with Crippen LogP contribution in [-0.2, 0) is 4.74 Å². The van der Waals surface area contributed by atoms with Crippen LogP contribution in [0, 0.1) is 24.5 Å². The van der Waals surface area contributed by atoms with Gasteiger partial charge in [-0.2, -0.15) is 0 Å². The topological polar surface area (TPSA) is 21.3 Å². The van der Waals surface area contributed by atoms with Crippen molar-refractivity contribution in [3.8, 4) is 0 Å². The van der Waals surface area contributed by atoms with Crippen LogP contribution in [0.5, 0.6) is 0 Å². The molecule has 1 fully saturated rings. The van der Waals surface area contributed by atoms with Crippen molar-refractivity contribution in [3.63, 3.8) is 0 Å². The molecule has 2 nitrogen and oxygen atoms in total. The van der Waals surface area contributed by atoms with Gasteiger partial charge in [0.1, 0.15) is 11.6 Å². The number of hydrogen-bond donors (Lipinski definition) is 1. The third-order valence-corrected chi connectivity index (χ3v) is 3.70. The molecule has 0 aromatic heterocycles. The van der Waals surface area contributed by atoms with Gasteiger partial charge in [-0.25, -0.2) is 8.78 Å². The van der Waals surface area contributed by atoms with Gasteiger partial charge in [0, 0.05) is 12.2 Å². The van der Waals surface area contributed by atoms with Gasteiger partial charge in [-0.1, -0.05) is 6.92 Å². The van der Waals surface area contributed by atoms with Crippen molar-refractivity contribution in [1.82, 2.24) is 5.32 Å². The molecule has 1 saturated heterocycles. The first-order valence-electron chi connectivity index (χ1n) is 6.29. The van der Waals surface area contributed by atoms with Crippen LogP contribution in [0.15, 0.2) is 12.1 Å². The number of benzene rings is 1. The first-order valence-corrected chi connectivity index (χ1v) is 6.29. The molecule has 2 rings (SSSR count). The van der Waals surface area contributed by atoms with E-state index in [4.69, 9.17) is 4.74 Å². The summed E-state index contributed by atoms with van der Waals surface area (Å²) in [5.74, 6) is -0.417. The summed E-state index contributed by atoms with van der Waals surface area (Å²) in [5, 5.41) is 3.05. The summed E-state index contributed by atoms with van der Waals surface area (Å²) in [6.45, 7) is 4.32. The van der Waals surface area contributed by atoms with Crippen LogP contribution >= 0.6 is 0 Å². The average Bonchev–Trinajstić information content (AvgIpc) is 2.73. The minimum atomic E-state index is -0.379. The van der Waals surface area contributed by atoms with Crippen LogP contribution in [0.2, 0.25) is 0 Å². The van der Waals surface area contributed by atoms with E-state index in [1.165, 1.54) is 12.1 Å². The molecule has 0 saturated carbocycles. The van der Waals surface area contributed by atoms with Crippen LogP contribution < -0.4 is 5.32 Å². The average molecular weight is 255 g/mol. The summed E-state index contributed by atoms with van der Waals surface area (Å²) in [6, 6.07) is 2.21. The molecule has 1 aliphatic heterocycles. The number of halogens is 2. The molecule has 1 N–H and O–H groups in total. The molecule has 0 spiro atoms. The maximum Gasteiger partial charge on any atom is 0.128 e. The second kappa shape index (κ2) is 5.33. The van der Waals surface area contributed by atoms with Gasteiger partial charge in [0.05, 0.1) is 12.1 Å². The largest absolute Gasteiger partial charge is 0.376 e. The fourth-order valence-corrected chi connectivity index (χ4v) is 2.54. The van der Waals surface area contributed by atoms with Crippen molar-refractivity contribution in [2.75, 3.05) is 13.7 Å². The number of likely N-dealkylation sites (N-methyl/N-ethyl adjacent to an activating group) is 1. The van der Waals surface area contributed by atoms with E-state index in [0.717, 1.165) is 6.42 Å². The first-order chi connectivity index (χ1) is 8.54. The molecule has 0 radical (unpaired) electrons. The van der Waals surface area contributed by atoms with E-state index in [-0.39, 0.29) is 23.8 Å². The lowest BCUT2D eigenvalue weighted by Gasteiger charge is -2.26. The lowest BCUT2D eigenvalue weighted by atomic mass is 9.91. The SMILES string of the molecule is CNC(c1cc(F)c(C)cc1F)C1OCCC1C. The third-order valence-electron chi connectivity index (χ3n) is 3.70. The highest BCUT2D eigenvalue weighted by Crippen LogP contribution is 2.32. The maximum absolute atomic E-state index is 14.0. The lowest BCUT2D eigenvalue weighted by molar-refractivity contribution is 0.0619. The molecule has 4 heteroatoms. The highest BCUT2D eigenvalue weighted by molar-refractivity contribution is 5.28. The van der Waals surface area contributed by atoms with Gasteiger partial charge in [-0.15, -0.1) is 0 Å². The Labute approximate surface area is 106 Å². The van der Waals surface area contributed by atoms with Gasteiger partial charge >= 0.3 is 0 Å². The Morgan fingerprint density at radius 3 is 2.61 bits per heavy atom. The second-order valence-electron chi connectivity index (χ2n) is 4.99. The molecule has 1 aromatic rings. The Morgan fingerprint density at radius 2 is 2.06 bits per heavy atom. The molecule has 1 heterocycles. The Balaban J connectivity index is 2.35. The van der Waals surface area contributed by atoms with Crippen molar-refractivity contribution in [2.24, 2.45) is 5.92 Å². The standard InChI is InChI=1S/C14H19F2NO/c1-8-4-5-18-14(8)13(17-3)10-7-11(15)9(2)6-12(10)16/h6-8,13-14,17H,4-5H2,1-3H3. The molecule has 1 aliphatic rings. The summed E-state index contributed by atoms with van der Waals surface area (Å²) in [5.41, 5.74) is 0.672. The predicted molar refractivity (Wildman–Crippen MR) is 66.4 cm³/mol. The molecule has 18 heavy (non-hydrogen) atoms. The zero-order chi connectivity index (χ0) is 13.3. The van der Waals surface area contributed by atoms with Crippen LogP contribution in [0.3, 0.4) is 0 Å². The Morgan fingerprint density at radius 1 is 1.33 bits per heavy atom. The van der Waals surface area contributed by atoms with E-state index in [1.807, 2.05) is 0 Å². The van der Waals surface area contributed by atoms with E-state index in [0.29, 0.717) is 23.7 Å². The van der Waals surface area contributed by atoms with Gasteiger partial charge in [0.2, 0.25) is 0 Å². The van der Waals surface area contributed by atoms with Crippen molar-refractivity contribution in [2.45, 2.75) is 32.4 Å². The lowest BCUT2D eigenvalue weighted by Crippen LogP contribution is -2.33. The Bertz CT molecular complexity index is 436. The Hall–Kier alpha value is -1.00. The molecule has 100 valence electrons. The van der Waals surface area contributed by atoms with E-state index >= 15 is 0 Å². The third kappa shape index (κ3) is 2.40. The Kier molecular flexibility index (Phi) is 3.97. The molecule has 0 amide bonds. The quantitative estimate of drug-likeness (QED) is 0.896. The number of rotatable bonds is 3. The fraction of sp³-hybridized carbons (Fsp3) is 0.571. The smallest absolute Gasteiger partial charge is 0.128 e. The molecular weight excluding hydrogens is 236 g/mol. The molecule has 0 bridgehead atoms.